The summed E-state index contributed by atoms with van der Waals surface area (Å²) in [6.45, 7) is 0. The highest BCUT2D eigenvalue weighted by atomic mass is 79.9. The lowest BCUT2D eigenvalue weighted by Crippen LogP contribution is -2.14. The van der Waals surface area contributed by atoms with Gasteiger partial charge < -0.3 is 10.2 Å². The second kappa shape index (κ2) is 6.01. The molecule has 0 heterocycles. The molecule has 3 rings (SSSR count). The second-order valence-electron chi connectivity index (χ2n) is 5.63. The predicted octanol–water partition coefficient (Wildman–Crippen LogP) is 5.38. The molecule has 2 nitrogen and oxygen atoms in total. The number of rotatable bonds is 3. The minimum Gasteiger partial charge on any atom is -0.377 e. The molecule has 0 aliphatic heterocycles. The van der Waals surface area contributed by atoms with Crippen molar-refractivity contribution in [3.63, 3.8) is 0 Å². The first-order valence-corrected chi connectivity index (χ1v) is 8.65. The zero-order chi connectivity index (χ0) is 15.0. The van der Waals surface area contributed by atoms with Gasteiger partial charge >= 0.3 is 0 Å². The van der Waals surface area contributed by atoms with Crippen molar-refractivity contribution in [2.24, 2.45) is 0 Å². The van der Waals surface area contributed by atoms with Crippen LogP contribution in [-0.2, 0) is 6.42 Å². The maximum Gasteiger partial charge on any atom is 0.0597 e. The molecule has 2 aromatic rings. The van der Waals surface area contributed by atoms with Crippen LogP contribution >= 0.6 is 31.9 Å². The van der Waals surface area contributed by atoms with E-state index in [9.17, 15) is 0 Å². The first kappa shape index (κ1) is 14.9. The number of benzene rings is 2. The summed E-state index contributed by atoms with van der Waals surface area (Å²) in [5, 5.41) is 3.72. The molecule has 4 heteroatoms. The predicted molar refractivity (Wildman–Crippen MR) is 97.3 cm³/mol. The third-order valence-corrected chi connectivity index (χ3v) is 4.94. The van der Waals surface area contributed by atoms with Crippen LogP contribution in [0.2, 0.25) is 0 Å². The number of anilines is 2. The fourth-order valence-corrected chi connectivity index (χ4v) is 3.71. The van der Waals surface area contributed by atoms with Crippen molar-refractivity contribution < 1.29 is 0 Å². The third-order valence-electron chi connectivity index (χ3n) is 3.95. The Balaban J connectivity index is 1.91. The average Bonchev–Trinajstić information content (AvgIpc) is 2.81. The van der Waals surface area contributed by atoms with Crippen molar-refractivity contribution in [2.75, 3.05) is 24.3 Å². The molecule has 0 saturated carbocycles. The molecule has 0 fully saturated rings. The van der Waals surface area contributed by atoms with Crippen molar-refractivity contribution in [1.29, 1.82) is 0 Å². The number of nitrogens with zero attached hydrogens (tertiary/aromatic N) is 1. The first-order chi connectivity index (χ1) is 10.0. The summed E-state index contributed by atoms with van der Waals surface area (Å²) in [5.74, 6) is 0. The van der Waals surface area contributed by atoms with Crippen LogP contribution in [0.15, 0.2) is 45.3 Å². The molecule has 0 radical (unpaired) electrons. The Hall–Kier alpha value is -1.00. The molecule has 1 N–H and O–H groups in total. The van der Waals surface area contributed by atoms with E-state index in [1.165, 1.54) is 27.0 Å². The molecule has 0 saturated heterocycles. The highest BCUT2D eigenvalue weighted by Crippen LogP contribution is 2.38. The van der Waals surface area contributed by atoms with Gasteiger partial charge in [0.1, 0.15) is 0 Å². The lowest BCUT2D eigenvalue weighted by Gasteiger charge is -2.22. The summed E-state index contributed by atoms with van der Waals surface area (Å²) in [4.78, 5) is 2.15. The SMILES string of the molecule is CN(C)c1ccc(Br)cc1NC1CCc2cc(Br)ccc21. The number of nitrogens with one attached hydrogen (secondary N) is 1. The van der Waals surface area contributed by atoms with Crippen LogP contribution in [0, 0.1) is 0 Å². The zero-order valence-corrected chi connectivity index (χ0v) is 15.3. The number of hydrogen-bond donors (Lipinski definition) is 1. The van der Waals surface area contributed by atoms with E-state index in [1.54, 1.807) is 0 Å². The number of aryl methyl sites for hydroxylation is 1. The highest BCUT2D eigenvalue weighted by Gasteiger charge is 2.23. The van der Waals surface area contributed by atoms with Gasteiger partial charge in [-0.05, 0) is 54.3 Å². The van der Waals surface area contributed by atoms with E-state index >= 15 is 0 Å². The van der Waals surface area contributed by atoms with Gasteiger partial charge in [0.05, 0.1) is 17.4 Å². The van der Waals surface area contributed by atoms with Crippen LogP contribution in [-0.4, -0.2) is 14.1 Å². The van der Waals surface area contributed by atoms with Gasteiger partial charge in [0.25, 0.3) is 0 Å². The highest BCUT2D eigenvalue weighted by molar-refractivity contribution is 9.10. The van der Waals surface area contributed by atoms with E-state index in [0.717, 1.165) is 17.3 Å². The number of fused-ring (bicyclic) bond motifs is 1. The Morgan fingerprint density at radius 3 is 2.52 bits per heavy atom. The maximum absolute atomic E-state index is 3.72. The molecule has 2 aromatic carbocycles. The molecule has 1 aliphatic rings. The summed E-state index contributed by atoms with van der Waals surface area (Å²) in [6, 6.07) is 13.4. The van der Waals surface area contributed by atoms with Crippen LogP contribution in [0.4, 0.5) is 11.4 Å². The molecule has 0 spiro atoms. The molecule has 1 unspecified atom stereocenters. The standard InChI is InChI=1S/C17H18Br2N2/c1-21(2)17-8-5-13(19)10-16(17)20-15-7-3-11-9-12(18)4-6-14(11)15/h4-6,8-10,15,20H,3,7H2,1-2H3. The van der Waals surface area contributed by atoms with Gasteiger partial charge in [-0.3, -0.25) is 0 Å². The summed E-state index contributed by atoms with van der Waals surface area (Å²) in [7, 11) is 4.16. The summed E-state index contributed by atoms with van der Waals surface area (Å²) < 4.78 is 2.27. The van der Waals surface area contributed by atoms with E-state index in [4.69, 9.17) is 0 Å². The van der Waals surface area contributed by atoms with Crippen LogP contribution in [0.3, 0.4) is 0 Å². The molecule has 1 aliphatic carbocycles. The third kappa shape index (κ3) is 3.11. The van der Waals surface area contributed by atoms with Gasteiger partial charge in [0.15, 0.2) is 0 Å². The van der Waals surface area contributed by atoms with Crippen LogP contribution < -0.4 is 10.2 Å². The van der Waals surface area contributed by atoms with Crippen molar-refractivity contribution in [3.05, 3.63) is 56.5 Å². The normalized spacial score (nSPS) is 16.7. The lowest BCUT2D eigenvalue weighted by molar-refractivity contribution is 0.761. The Kier molecular flexibility index (Phi) is 4.27. The summed E-state index contributed by atoms with van der Waals surface area (Å²) >= 11 is 7.13. The average molecular weight is 410 g/mol. The van der Waals surface area contributed by atoms with Crippen LogP contribution in [0.1, 0.15) is 23.6 Å². The minimum atomic E-state index is 0.390. The van der Waals surface area contributed by atoms with Crippen molar-refractivity contribution in [1.82, 2.24) is 0 Å². The zero-order valence-electron chi connectivity index (χ0n) is 12.2. The quantitative estimate of drug-likeness (QED) is 0.732. The molecule has 0 bridgehead atoms. The van der Waals surface area contributed by atoms with E-state index < -0.39 is 0 Å². The minimum absolute atomic E-state index is 0.390. The monoisotopic (exact) mass is 408 g/mol. The molecular weight excluding hydrogens is 392 g/mol. The molecular formula is C17H18Br2N2. The van der Waals surface area contributed by atoms with Crippen LogP contribution in [0.25, 0.3) is 0 Å². The Morgan fingerprint density at radius 2 is 1.76 bits per heavy atom. The lowest BCUT2D eigenvalue weighted by atomic mass is 10.1. The van der Waals surface area contributed by atoms with Gasteiger partial charge in [0, 0.05) is 23.0 Å². The molecule has 21 heavy (non-hydrogen) atoms. The van der Waals surface area contributed by atoms with E-state index in [-0.39, 0.29) is 0 Å². The van der Waals surface area contributed by atoms with Crippen molar-refractivity contribution in [2.45, 2.75) is 18.9 Å². The Morgan fingerprint density at radius 1 is 1.05 bits per heavy atom. The number of hydrogen-bond acceptors (Lipinski definition) is 2. The molecule has 0 amide bonds. The van der Waals surface area contributed by atoms with Crippen LogP contribution in [0.5, 0.6) is 0 Å². The Bertz CT molecular complexity index is 668. The maximum atomic E-state index is 3.72. The van der Waals surface area contributed by atoms with Gasteiger partial charge in [-0.2, -0.15) is 0 Å². The van der Waals surface area contributed by atoms with E-state index in [1.807, 2.05) is 0 Å². The molecule has 110 valence electrons. The van der Waals surface area contributed by atoms with E-state index in [0.29, 0.717) is 6.04 Å². The van der Waals surface area contributed by atoms with Gasteiger partial charge in [-0.25, -0.2) is 0 Å². The van der Waals surface area contributed by atoms with Gasteiger partial charge in [-0.1, -0.05) is 37.9 Å². The summed E-state index contributed by atoms with van der Waals surface area (Å²) in [6.07, 6.45) is 2.28. The fraction of sp³-hybridized carbons (Fsp3) is 0.294. The topological polar surface area (TPSA) is 15.3 Å². The summed E-state index contributed by atoms with van der Waals surface area (Å²) in [5.41, 5.74) is 5.25. The van der Waals surface area contributed by atoms with Gasteiger partial charge in [0.2, 0.25) is 0 Å². The largest absolute Gasteiger partial charge is 0.377 e. The molecule has 1 atom stereocenters. The van der Waals surface area contributed by atoms with E-state index in [2.05, 4.69) is 92.6 Å². The molecule has 0 aromatic heterocycles. The smallest absolute Gasteiger partial charge is 0.0597 e. The number of halogens is 2. The first-order valence-electron chi connectivity index (χ1n) is 7.06. The Labute approximate surface area is 142 Å². The van der Waals surface area contributed by atoms with Gasteiger partial charge in [-0.15, -0.1) is 0 Å². The second-order valence-corrected chi connectivity index (χ2v) is 7.47. The van der Waals surface area contributed by atoms with Crippen molar-refractivity contribution >= 4 is 43.2 Å². The van der Waals surface area contributed by atoms with Crippen molar-refractivity contribution in [3.8, 4) is 0 Å². The fourth-order valence-electron chi connectivity index (χ4n) is 2.94.